The summed E-state index contributed by atoms with van der Waals surface area (Å²) in [7, 11) is -3.83. The number of sulfonamides is 1. The summed E-state index contributed by atoms with van der Waals surface area (Å²) < 4.78 is 25.9. The minimum atomic E-state index is -3.83. The largest absolute Gasteiger partial charge is 0.368 e. The average molecular weight is 273 g/mol. The summed E-state index contributed by atoms with van der Waals surface area (Å²) in [6, 6.07) is -0.882. The number of carbonyl (C=O) groups is 1. The van der Waals surface area contributed by atoms with Gasteiger partial charge in [-0.05, 0) is 13.8 Å². The number of nitrogens with two attached hydrogens (primary N) is 1. The van der Waals surface area contributed by atoms with E-state index in [2.05, 4.69) is 20.0 Å². The lowest BCUT2D eigenvalue weighted by Crippen LogP contribution is -2.44. The lowest BCUT2D eigenvalue weighted by Gasteiger charge is -2.13. The molecule has 0 saturated carbocycles. The van der Waals surface area contributed by atoms with Crippen molar-refractivity contribution < 1.29 is 13.2 Å². The van der Waals surface area contributed by atoms with Gasteiger partial charge in [-0.1, -0.05) is 0 Å². The van der Waals surface area contributed by atoms with Gasteiger partial charge in [-0.15, -0.1) is 0 Å². The Morgan fingerprint density at radius 3 is 2.50 bits per heavy atom. The standard InChI is InChI=1S/C9H15N5O3S/c1-3-11-8(15)6(2)14-18(16,17)7-4-12-9(10)13-5-7/h4-6,14H,3H2,1-2H3,(H,11,15)(H2,10,12,13). The first-order valence-corrected chi connectivity index (χ1v) is 6.72. The monoisotopic (exact) mass is 273 g/mol. The summed E-state index contributed by atoms with van der Waals surface area (Å²) in [5.41, 5.74) is 5.26. The van der Waals surface area contributed by atoms with Crippen molar-refractivity contribution in [3.63, 3.8) is 0 Å². The third kappa shape index (κ3) is 3.64. The van der Waals surface area contributed by atoms with Crippen molar-refractivity contribution in [2.45, 2.75) is 24.8 Å². The fourth-order valence-corrected chi connectivity index (χ4v) is 2.24. The Morgan fingerprint density at radius 1 is 1.44 bits per heavy atom. The molecule has 1 rings (SSSR count). The van der Waals surface area contributed by atoms with Crippen LogP contribution >= 0.6 is 0 Å². The first-order chi connectivity index (χ1) is 8.36. The van der Waals surface area contributed by atoms with Crippen molar-refractivity contribution in [2.24, 2.45) is 0 Å². The molecule has 100 valence electrons. The lowest BCUT2D eigenvalue weighted by molar-refractivity contribution is -0.122. The topological polar surface area (TPSA) is 127 Å². The van der Waals surface area contributed by atoms with Crippen molar-refractivity contribution in [3.05, 3.63) is 12.4 Å². The van der Waals surface area contributed by atoms with Crippen LogP contribution in [-0.2, 0) is 14.8 Å². The van der Waals surface area contributed by atoms with Crippen LogP contribution in [0.1, 0.15) is 13.8 Å². The molecule has 0 fully saturated rings. The number of hydrogen-bond donors (Lipinski definition) is 3. The number of nitrogen functional groups attached to an aromatic ring is 1. The molecule has 0 radical (unpaired) electrons. The Morgan fingerprint density at radius 2 is 2.00 bits per heavy atom. The Hall–Kier alpha value is -1.74. The Kier molecular flexibility index (Phi) is 4.56. The van der Waals surface area contributed by atoms with Crippen molar-refractivity contribution in [1.29, 1.82) is 0 Å². The van der Waals surface area contributed by atoms with Crippen molar-refractivity contribution >= 4 is 21.9 Å². The summed E-state index contributed by atoms with van der Waals surface area (Å²) in [6.07, 6.45) is 2.16. The summed E-state index contributed by atoms with van der Waals surface area (Å²) in [5.74, 6) is -0.428. The molecule has 1 aromatic heterocycles. The van der Waals surface area contributed by atoms with E-state index in [9.17, 15) is 13.2 Å². The van der Waals surface area contributed by atoms with Gasteiger partial charge in [0, 0.05) is 6.54 Å². The van der Waals surface area contributed by atoms with Gasteiger partial charge in [0.1, 0.15) is 4.90 Å². The Bertz CT molecular complexity index is 514. The minimum Gasteiger partial charge on any atom is -0.368 e. The minimum absolute atomic E-state index is 0.0225. The third-order valence-electron chi connectivity index (χ3n) is 2.03. The lowest BCUT2D eigenvalue weighted by atomic mass is 10.3. The molecule has 0 aliphatic rings. The SMILES string of the molecule is CCNC(=O)C(C)NS(=O)(=O)c1cnc(N)nc1. The van der Waals surface area contributed by atoms with E-state index in [1.807, 2.05) is 0 Å². The number of nitrogens with one attached hydrogen (secondary N) is 2. The molecule has 18 heavy (non-hydrogen) atoms. The van der Waals surface area contributed by atoms with Crippen LogP contribution in [0.4, 0.5) is 5.95 Å². The molecule has 0 aliphatic carbocycles. The van der Waals surface area contributed by atoms with Crippen LogP contribution in [0.25, 0.3) is 0 Å². The van der Waals surface area contributed by atoms with E-state index < -0.39 is 22.0 Å². The first-order valence-electron chi connectivity index (χ1n) is 5.24. The number of nitrogens with zero attached hydrogens (tertiary/aromatic N) is 2. The molecule has 8 nitrogen and oxygen atoms in total. The predicted molar refractivity (Wildman–Crippen MR) is 64.9 cm³/mol. The van der Waals surface area contributed by atoms with Crippen molar-refractivity contribution in [1.82, 2.24) is 20.0 Å². The fourth-order valence-electron chi connectivity index (χ4n) is 1.15. The van der Waals surface area contributed by atoms with Crippen LogP contribution in [0.5, 0.6) is 0 Å². The number of likely N-dealkylation sites (N-methyl/N-ethyl adjacent to an activating group) is 1. The van der Waals surface area contributed by atoms with Gasteiger partial charge in [0.15, 0.2) is 0 Å². The summed E-state index contributed by atoms with van der Waals surface area (Å²) >= 11 is 0. The molecule has 0 aromatic carbocycles. The Labute approximate surface area is 105 Å². The van der Waals surface area contributed by atoms with Crippen LogP contribution in [-0.4, -0.2) is 36.9 Å². The highest BCUT2D eigenvalue weighted by Crippen LogP contribution is 2.06. The molecule has 1 heterocycles. The second-order valence-corrected chi connectivity index (χ2v) is 5.23. The molecular formula is C9H15N5O3S. The molecule has 0 saturated heterocycles. The molecule has 9 heteroatoms. The van der Waals surface area contributed by atoms with E-state index in [1.54, 1.807) is 6.92 Å². The van der Waals surface area contributed by atoms with Crippen LogP contribution in [0, 0.1) is 0 Å². The molecule has 0 bridgehead atoms. The van der Waals surface area contributed by atoms with E-state index in [0.29, 0.717) is 6.54 Å². The summed E-state index contributed by atoms with van der Waals surface area (Å²) in [5, 5.41) is 2.51. The van der Waals surface area contributed by atoms with Gasteiger partial charge in [0.25, 0.3) is 0 Å². The molecule has 0 aliphatic heterocycles. The van der Waals surface area contributed by atoms with Crippen LogP contribution in [0.3, 0.4) is 0 Å². The van der Waals surface area contributed by atoms with Crippen LogP contribution < -0.4 is 15.8 Å². The maximum absolute atomic E-state index is 11.9. The van der Waals surface area contributed by atoms with Gasteiger partial charge >= 0.3 is 0 Å². The zero-order chi connectivity index (χ0) is 13.8. The van der Waals surface area contributed by atoms with Gasteiger partial charge in [-0.2, -0.15) is 4.72 Å². The predicted octanol–water partition coefficient (Wildman–Crippen LogP) is -1.14. The van der Waals surface area contributed by atoms with E-state index in [1.165, 1.54) is 6.92 Å². The van der Waals surface area contributed by atoms with Gasteiger partial charge in [-0.3, -0.25) is 4.79 Å². The van der Waals surface area contributed by atoms with Crippen LogP contribution in [0.2, 0.25) is 0 Å². The highest BCUT2D eigenvalue weighted by atomic mass is 32.2. The summed E-state index contributed by atoms with van der Waals surface area (Å²) in [4.78, 5) is 18.4. The quantitative estimate of drug-likeness (QED) is 0.622. The number of rotatable bonds is 5. The van der Waals surface area contributed by atoms with E-state index >= 15 is 0 Å². The highest BCUT2D eigenvalue weighted by molar-refractivity contribution is 7.89. The number of aromatic nitrogens is 2. The van der Waals surface area contributed by atoms with Gasteiger partial charge in [0.05, 0.1) is 18.4 Å². The van der Waals surface area contributed by atoms with Gasteiger partial charge in [0.2, 0.25) is 21.9 Å². The maximum atomic E-state index is 11.9. The second-order valence-electron chi connectivity index (χ2n) is 3.51. The molecule has 1 amide bonds. The Balaban J connectivity index is 2.82. The van der Waals surface area contributed by atoms with E-state index in [0.717, 1.165) is 12.4 Å². The van der Waals surface area contributed by atoms with E-state index in [4.69, 9.17) is 5.73 Å². The third-order valence-corrected chi connectivity index (χ3v) is 3.53. The van der Waals surface area contributed by atoms with E-state index in [-0.39, 0.29) is 10.8 Å². The van der Waals surface area contributed by atoms with Gasteiger partial charge < -0.3 is 11.1 Å². The normalized spacial score (nSPS) is 13.0. The molecular weight excluding hydrogens is 258 g/mol. The molecule has 1 unspecified atom stereocenters. The number of hydrogen-bond acceptors (Lipinski definition) is 6. The second kappa shape index (κ2) is 5.74. The molecule has 4 N–H and O–H groups in total. The van der Waals surface area contributed by atoms with Gasteiger partial charge in [-0.25, -0.2) is 18.4 Å². The molecule has 1 atom stereocenters. The number of anilines is 1. The zero-order valence-corrected chi connectivity index (χ0v) is 10.9. The summed E-state index contributed by atoms with van der Waals surface area (Å²) in [6.45, 7) is 3.61. The number of amides is 1. The zero-order valence-electron chi connectivity index (χ0n) is 10.0. The molecule has 1 aromatic rings. The smallest absolute Gasteiger partial charge is 0.244 e. The fraction of sp³-hybridized carbons (Fsp3) is 0.444. The number of carbonyl (C=O) groups excluding carboxylic acids is 1. The maximum Gasteiger partial charge on any atom is 0.244 e. The van der Waals surface area contributed by atoms with Crippen molar-refractivity contribution in [2.75, 3.05) is 12.3 Å². The first kappa shape index (κ1) is 14.3. The van der Waals surface area contributed by atoms with Crippen molar-refractivity contribution in [3.8, 4) is 0 Å². The highest BCUT2D eigenvalue weighted by Gasteiger charge is 2.22. The average Bonchev–Trinajstić information content (AvgIpc) is 2.29. The molecule has 0 spiro atoms. The van der Waals surface area contributed by atoms with Crippen LogP contribution in [0.15, 0.2) is 17.3 Å².